The summed E-state index contributed by atoms with van der Waals surface area (Å²) in [6, 6.07) is 7.73. The highest BCUT2D eigenvalue weighted by molar-refractivity contribution is 5.36. The molecule has 0 spiro atoms. The van der Waals surface area contributed by atoms with Crippen molar-refractivity contribution in [2.75, 3.05) is 13.7 Å². The minimum atomic E-state index is -0.0776. The van der Waals surface area contributed by atoms with Gasteiger partial charge in [-0.25, -0.2) is 0 Å². The van der Waals surface area contributed by atoms with Gasteiger partial charge in [0.1, 0.15) is 0 Å². The maximum atomic E-state index is 5.04. The van der Waals surface area contributed by atoms with Gasteiger partial charge < -0.3 is 9.62 Å². The number of fused-ring (bicyclic) bond motifs is 1. The van der Waals surface area contributed by atoms with Crippen molar-refractivity contribution in [3.8, 4) is 5.75 Å². The molecule has 1 heterocycles. The second-order valence-electron chi connectivity index (χ2n) is 2.66. The summed E-state index contributed by atoms with van der Waals surface area (Å²) in [5.74, 6) is 0.791. The van der Waals surface area contributed by atoms with Crippen LogP contribution in [0.3, 0.4) is 0 Å². The number of hydrogen-bond acceptors (Lipinski definition) is 3. The zero-order valence-electron chi connectivity index (χ0n) is 6.82. The van der Waals surface area contributed by atoms with Crippen molar-refractivity contribution in [1.82, 2.24) is 0 Å². The first kappa shape index (κ1) is 7.58. The van der Waals surface area contributed by atoms with Crippen LogP contribution < -0.4 is 4.89 Å². The Balaban J connectivity index is 2.24. The number of ether oxygens (including phenoxy) is 1. The molecule has 1 aromatic rings. The zero-order chi connectivity index (χ0) is 8.39. The monoisotopic (exact) mass is 166 g/mol. The van der Waals surface area contributed by atoms with Gasteiger partial charge in [0.2, 0.25) is 0 Å². The lowest BCUT2D eigenvalue weighted by atomic mass is 10.1. The van der Waals surface area contributed by atoms with Crippen LogP contribution in [0.25, 0.3) is 0 Å². The van der Waals surface area contributed by atoms with Gasteiger partial charge in [0, 0.05) is 12.7 Å². The standard InChI is InChI=1S/C9H10O3/c1-10-6-9-7-4-2-3-5-8(7)11-12-9/h2-5,9H,6H2,1H3. The lowest BCUT2D eigenvalue weighted by molar-refractivity contribution is -0.233. The normalized spacial score (nSPS) is 20.2. The largest absolute Gasteiger partial charge is 0.381 e. The molecule has 0 radical (unpaired) electrons. The highest BCUT2D eigenvalue weighted by Gasteiger charge is 2.25. The average molecular weight is 166 g/mol. The maximum Gasteiger partial charge on any atom is 0.171 e. The first-order valence-electron chi connectivity index (χ1n) is 3.83. The van der Waals surface area contributed by atoms with E-state index < -0.39 is 0 Å². The van der Waals surface area contributed by atoms with Crippen molar-refractivity contribution in [1.29, 1.82) is 0 Å². The Labute approximate surface area is 70.8 Å². The van der Waals surface area contributed by atoms with Gasteiger partial charge in [-0.05, 0) is 6.07 Å². The van der Waals surface area contributed by atoms with Crippen LogP contribution in [0.5, 0.6) is 5.75 Å². The van der Waals surface area contributed by atoms with Crippen LogP contribution in [0.2, 0.25) is 0 Å². The molecule has 1 aliphatic heterocycles. The molecule has 0 bridgehead atoms. The van der Waals surface area contributed by atoms with Crippen LogP contribution in [0.1, 0.15) is 11.7 Å². The molecule has 1 aliphatic rings. The Bertz CT molecular complexity index is 270. The third-order valence-electron chi connectivity index (χ3n) is 1.84. The second kappa shape index (κ2) is 3.13. The minimum absolute atomic E-state index is 0.0776. The molecule has 2 rings (SSSR count). The van der Waals surface area contributed by atoms with E-state index >= 15 is 0 Å². The smallest absolute Gasteiger partial charge is 0.171 e. The third kappa shape index (κ3) is 1.17. The lowest BCUT2D eigenvalue weighted by Gasteiger charge is -2.04. The average Bonchev–Trinajstić information content (AvgIpc) is 2.50. The second-order valence-corrected chi connectivity index (χ2v) is 2.66. The molecular weight excluding hydrogens is 156 g/mol. The highest BCUT2D eigenvalue weighted by Crippen LogP contribution is 2.34. The molecule has 12 heavy (non-hydrogen) atoms. The van der Waals surface area contributed by atoms with Gasteiger partial charge in [-0.1, -0.05) is 18.2 Å². The molecule has 0 saturated heterocycles. The van der Waals surface area contributed by atoms with Crippen LogP contribution >= 0.6 is 0 Å². The van der Waals surface area contributed by atoms with Crippen LogP contribution in [0, 0.1) is 0 Å². The van der Waals surface area contributed by atoms with Crippen LogP contribution in [0.4, 0.5) is 0 Å². The van der Waals surface area contributed by atoms with E-state index in [-0.39, 0.29) is 6.10 Å². The van der Waals surface area contributed by atoms with Gasteiger partial charge in [-0.2, -0.15) is 4.89 Å². The quantitative estimate of drug-likeness (QED) is 0.626. The molecule has 3 heteroatoms. The van der Waals surface area contributed by atoms with E-state index in [1.165, 1.54) is 0 Å². The molecule has 0 N–H and O–H groups in total. The number of para-hydroxylation sites is 1. The molecule has 0 aromatic heterocycles. The third-order valence-corrected chi connectivity index (χ3v) is 1.84. The van der Waals surface area contributed by atoms with E-state index in [4.69, 9.17) is 14.5 Å². The molecule has 1 aromatic carbocycles. The fourth-order valence-corrected chi connectivity index (χ4v) is 1.25. The van der Waals surface area contributed by atoms with Gasteiger partial charge >= 0.3 is 0 Å². The first-order chi connectivity index (χ1) is 5.92. The van der Waals surface area contributed by atoms with E-state index in [2.05, 4.69) is 0 Å². The predicted octanol–water partition coefficient (Wildman–Crippen LogP) is 1.70. The molecule has 0 fully saturated rings. The molecule has 1 unspecified atom stereocenters. The summed E-state index contributed by atoms with van der Waals surface area (Å²) in [5, 5.41) is 0. The molecule has 0 aliphatic carbocycles. The topological polar surface area (TPSA) is 27.7 Å². The first-order valence-corrected chi connectivity index (χ1v) is 3.83. The summed E-state index contributed by atoms with van der Waals surface area (Å²) in [7, 11) is 1.64. The van der Waals surface area contributed by atoms with E-state index in [9.17, 15) is 0 Å². The molecule has 64 valence electrons. The van der Waals surface area contributed by atoms with E-state index in [0.29, 0.717) is 6.61 Å². The van der Waals surface area contributed by atoms with Crippen molar-refractivity contribution < 1.29 is 14.5 Å². The number of hydrogen-bond donors (Lipinski definition) is 0. The fraction of sp³-hybridized carbons (Fsp3) is 0.333. The minimum Gasteiger partial charge on any atom is -0.381 e. The fourth-order valence-electron chi connectivity index (χ4n) is 1.25. The predicted molar refractivity (Wildman–Crippen MR) is 42.8 cm³/mol. The molecule has 1 atom stereocenters. The lowest BCUT2D eigenvalue weighted by Crippen LogP contribution is -2.04. The highest BCUT2D eigenvalue weighted by atomic mass is 17.2. The summed E-state index contributed by atoms with van der Waals surface area (Å²) in [6.45, 7) is 0.525. The Kier molecular flexibility index (Phi) is 1.98. The van der Waals surface area contributed by atoms with Gasteiger partial charge in [-0.15, -0.1) is 0 Å². The van der Waals surface area contributed by atoms with Crippen LogP contribution in [-0.4, -0.2) is 13.7 Å². The van der Waals surface area contributed by atoms with Crippen LogP contribution in [-0.2, 0) is 9.62 Å². The van der Waals surface area contributed by atoms with E-state index in [1.54, 1.807) is 7.11 Å². The number of benzene rings is 1. The van der Waals surface area contributed by atoms with Gasteiger partial charge in [0.25, 0.3) is 0 Å². The Morgan fingerprint density at radius 1 is 1.42 bits per heavy atom. The zero-order valence-corrected chi connectivity index (χ0v) is 6.82. The summed E-state index contributed by atoms with van der Waals surface area (Å²) in [6.07, 6.45) is -0.0776. The van der Waals surface area contributed by atoms with Crippen molar-refractivity contribution >= 4 is 0 Å². The SMILES string of the molecule is COCC1OOc2ccccc21. The molecular formula is C9H10O3. The van der Waals surface area contributed by atoms with Crippen LogP contribution in [0.15, 0.2) is 24.3 Å². The number of methoxy groups -OCH3 is 1. The summed E-state index contributed by atoms with van der Waals surface area (Å²) >= 11 is 0. The summed E-state index contributed by atoms with van der Waals surface area (Å²) in [5.41, 5.74) is 1.05. The van der Waals surface area contributed by atoms with Gasteiger partial charge in [-0.3, -0.25) is 0 Å². The molecule has 0 amide bonds. The Morgan fingerprint density at radius 3 is 3.08 bits per heavy atom. The number of rotatable bonds is 2. The summed E-state index contributed by atoms with van der Waals surface area (Å²) < 4.78 is 4.98. The van der Waals surface area contributed by atoms with E-state index in [0.717, 1.165) is 11.3 Å². The molecule has 3 nitrogen and oxygen atoms in total. The van der Waals surface area contributed by atoms with Gasteiger partial charge in [0.05, 0.1) is 6.61 Å². The Hall–Kier alpha value is -1.06. The summed E-state index contributed by atoms with van der Waals surface area (Å²) in [4.78, 5) is 10.0. The van der Waals surface area contributed by atoms with Crippen molar-refractivity contribution in [2.45, 2.75) is 6.10 Å². The van der Waals surface area contributed by atoms with Crippen molar-refractivity contribution in [3.05, 3.63) is 29.8 Å². The maximum absolute atomic E-state index is 5.04. The van der Waals surface area contributed by atoms with Crippen molar-refractivity contribution in [2.24, 2.45) is 0 Å². The van der Waals surface area contributed by atoms with E-state index in [1.807, 2.05) is 24.3 Å². The van der Waals surface area contributed by atoms with Gasteiger partial charge in [0.15, 0.2) is 11.9 Å². The Morgan fingerprint density at radius 2 is 2.25 bits per heavy atom. The molecule has 0 saturated carbocycles. The van der Waals surface area contributed by atoms with Crippen molar-refractivity contribution in [3.63, 3.8) is 0 Å².